The van der Waals surface area contributed by atoms with E-state index in [1.807, 2.05) is 0 Å². The molecule has 4 amide bonds. The quantitative estimate of drug-likeness (QED) is 0.236. The second kappa shape index (κ2) is 9.67. The molecule has 0 radical (unpaired) electrons. The molecule has 2 N–H and O–H groups in total. The first-order valence-electron chi connectivity index (χ1n) is 12.1. The number of imide groups is 2. The normalized spacial score (nSPS) is 14.7. The molecular formula is C28H16N2O11S2. The largest absolute Gasteiger partial charge is 0.457 e. The molecule has 0 saturated heterocycles. The van der Waals surface area contributed by atoms with Gasteiger partial charge >= 0.3 is 0 Å². The number of benzene rings is 4. The second-order valence-electron chi connectivity index (χ2n) is 9.35. The Morgan fingerprint density at radius 2 is 0.860 bits per heavy atom. The number of rotatable bonds is 6. The number of ether oxygens (including phenoxy) is 1. The summed E-state index contributed by atoms with van der Waals surface area (Å²) in [5.74, 6) is -2.78. The first kappa shape index (κ1) is 27.9. The van der Waals surface area contributed by atoms with E-state index in [0.717, 1.165) is 34.1 Å². The van der Waals surface area contributed by atoms with Gasteiger partial charge in [0.05, 0.1) is 43.4 Å². The topological polar surface area (TPSA) is 193 Å². The highest BCUT2D eigenvalue weighted by molar-refractivity contribution is 7.86. The van der Waals surface area contributed by atoms with Crippen molar-refractivity contribution in [3.05, 3.63) is 107 Å². The Bertz CT molecular complexity index is 2010. The Hall–Kier alpha value is -5.22. The highest BCUT2D eigenvalue weighted by Crippen LogP contribution is 2.36. The van der Waals surface area contributed by atoms with Crippen LogP contribution in [0.1, 0.15) is 41.4 Å². The lowest BCUT2D eigenvalue weighted by Crippen LogP contribution is -2.29. The van der Waals surface area contributed by atoms with Gasteiger partial charge in [0.25, 0.3) is 43.9 Å². The maximum absolute atomic E-state index is 13.2. The molecule has 13 nitrogen and oxygen atoms in total. The minimum atomic E-state index is -4.59. The van der Waals surface area contributed by atoms with Crippen LogP contribution in [0, 0.1) is 0 Å². The molecule has 0 spiro atoms. The van der Waals surface area contributed by atoms with E-state index in [0.29, 0.717) is 0 Å². The van der Waals surface area contributed by atoms with Crippen molar-refractivity contribution >= 4 is 55.2 Å². The summed E-state index contributed by atoms with van der Waals surface area (Å²) in [6.45, 7) is 0. The number of fused-ring (bicyclic) bond motifs is 2. The third-order valence-corrected chi connectivity index (χ3v) is 8.40. The van der Waals surface area contributed by atoms with Crippen LogP contribution in [0.25, 0.3) is 0 Å². The molecular weight excluding hydrogens is 604 g/mol. The first-order valence-corrected chi connectivity index (χ1v) is 15.0. The van der Waals surface area contributed by atoms with Crippen molar-refractivity contribution in [3.63, 3.8) is 0 Å². The lowest BCUT2D eigenvalue weighted by molar-refractivity contribution is 0.0910. The fraction of sp³-hybridized carbons (Fsp3) is 0. The molecule has 0 aliphatic carbocycles. The molecule has 15 heteroatoms. The van der Waals surface area contributed by atoms with Crippen molar-refractivity contribution in [1.29, 1.82) is 0 Å². The average molecular weight is 621 g/mol. The van der Waals surface area contributed by atoms with Crippen molar-refractivity contribution in [2.75, 3.05) is 9.80 Å². The molecule has 216 valence electrons. The summed E-state index contributed by atoms with van der Waals surface area (Å²) >= 11 is 0. The number of carbonyl (C=O) groups excluding carboxylic acids is 4. The van der Waals surface area contributed by atoms with Crippen molar-refractivity contribution in [2.45, 2.75) is 9.79 Å². The van der Waals surface area contributed by atoms with E-state index in [2.05, 4.69) is 0 Å². The Morgan fingerprint density at radius 3 is 1.23 bits per heavy atom. The van der Waals surface area contributed by atoms with Crippen molar-refractivity contribution < 1.29 is 49.9 Å². The summed E-state index contributed by atoms with van der Waals surface area (Å²) in [6.07, 6.45) is 0. The zero-order valence-corrected chi connectivity index (χ0v) is 23.0. The number of anilines is 2. The molecule has 4 aromatic rings. The summed E-state index contributed by atoms with van der Waals surface area (Å²) < 4.78 is 70.6. The lowest BCUT2D eigenvalue weighted by Gasteiger charge is -2.14. The van der Waals surface area contributed by atoms with Crippen LogP contribution in [0.15, 0.2) is 94.7 Å². The van der Waals surface area contributed by atoms with E-state index < -0.39 is 53.7 Å². The van der Waals surface area contributed by atoms with Gasteiger partial charge < -0.3 is 4.74 Å². The van der Waals surface area contributed by atoms with Crippen LogP contribution in [0.5, 0.6) is 11.5 Å². The van der Waals surface area contributed by atoms with Crippen molar-refractivity contribution in [1.82, 2.24) is 0 Å². The van der Waals surface area contributed by atoms with E-state index in [9.17, 15) is 45.1 Å². The van der Waals surface area contributed by atoms with Crippen LogP contribution in [-0.2, 0) is 20.2 Å². The first-order chi connectivity index (χ1) is 20.2. The Kier molecular flexibility index (Phi) is 6.28. The second-order valence-corrected chi connectivity index (χ2v) is 12.2. The summed E-state index contributed by atoms with van der Waals surface area (Å²) in [4.78, 5) is 52.8. The molecule has 2 aliphatic heterocycles. The van der Waals surface area contributed by atoms with Crippen LogP contribution in [0.3, 0.4) is 0 Å². The van der Waals surface area contributed by atoms with Gasteiger partial charge in [0.2, 0.25) is 0 Å². The van der Waals surface area contributed by atoms with Gasteiger partial charge in [-0.2, -0.15) is 16.8 Å². The van der Waals surface area contributed by atoms with E-state index in [1.165, 1.54) is 60.7 Å². The molecule has 0 bridgehead atoms. The Morgan fingerprint density at radius 1 is 0.488 bits per heavy atom. The van der Waals surface area contributed by atoms with Gasteiger partial charge in [-0.1, -0.05) is 12.1 Å². The molecule has 0 aromatic heterocycles. The third-order valence-electron chi connectivity index (χ3n) is 6.70. The molecule has 0 fully saturated rings. The number of amides is 4. The molecule has 0 unspecified atom stereocenters. The summed E-state index contributed by atoms with van der Waals surface area (Å²) in [6, 6.07) is 17.4. The predicted octanol–water partition coefficient (Wildman–Crippen LogP) is 3.57. The monoisotopic (exact) mass is 620 g/mol. The fourth-order valence-corrected chi connectivity index (χ4v) is 5.78. The van der Waals surface area contributed by atoms with Gasteiger partial charge in [-0.25, -0.2) is 9.80 Å². The van der Waals surface area contributed by atoms with Crippen LogP contribution < -0.4 is 14.5 Å². The average Bonchev–Trinajstić information content (AvgIpc) is 3.35. The van der Waals surface area contributed by atoms with Gasteiger partial charge in [0.1, 0.15) is 11.5 Å². The van der Waals surface area contributed by atoms with E-state index in [1.54, 1.807) is 0 Å². The summed E-state index contributed by atoms with van der Waals surface area (Å²) in [7, 11) is -9.18. The van der Waals surface area contributed by atoms with Crippen molar-refractivity contribution in [2.24, 2.45) is 0 Å². The van der Waals surface area contributed by atoms with Crippen LogP contribution in [0.4, 0.5) is 11.4 Å². The van der Waals surface area contributed by atoms with Gasteiger partial charge in [0, 0.05) is 0 Å². The molecule has 43 heavy (non-hydrogen) atoms. The standard InChI is InChI=1S/C28H16N2O11S2/c31-25-21-9-7-17(13-23(21)27(33)29(25)15-3-1-5-19(11-15)42(35,36)37)41-18-8-10-22-24(14-18)28(34)30(26(22)32)16-4-2-6-20(12-16)43(38,39)40/h1-14H,(H,35,36,37)(H,38,39,40). The highest BCUT2D eigenvalue weighted by atomic mass is 32.2. The smallest absolute Gasteiger partial charge is 0.294 e. The SMILES string of the molecule is O=C1c2ccc(Oc3ccc4c(c3)C(=O)N(c3cccc(S(=O)(=O)O)c3)C4=O)cc2C(=O)N1c1cccc(S(=O)(=O)O)c1. The number of hydrogen-bond donors (Lipinski definition) is 2. The Balaban J connectivity index is 1.27. The van der Waals surface area contributed by atoms with Crippen LogP contribution in [-0.4, -0.2) is 49.6 Å². The van der Waals surface area contributed by atoms with Gasteiger partial charge in [0.15, 0.2) is 0 Å². The van der Waals surface area contributed by atoms with Crippen LogP contribution >= 0.6 is 0 Å². The number of carbonyl (C=O) groups is 4. The molecule has 6 rings (SSSR count). The summed E-state index contributed by atoms with van der Waals surface area (Å²) in [5, 5.41) is 0. The van der Waals surface area contributed by atoms with Crippen LogP contribution in [0.2, 0.25) is 0 Å². The van der Waals surface area contributed by atoms with E-state index >= 15 is 0 Å². The summed E-state index contributed by atoms with van der Waals surface area (Å²) in [5.41, 5.74) is -0.192. The Labute approximate surface area is 243 Å². The zero-order valence-electron chi connectivity index (χ0n) is 21.4. The van der Waals surface area contributed by atoms with E-state index in [4.69, 9.17) is 4.74 Å². The molecule has 4 aromatic carbocycles. The highest BCUT2D eigenvalue weighted by Gasteiger charge is 2.39. The molecule has 0 saturated carbocycles. The van der Waals surface area contributed by atoms with Gasteiger partial charge in [-0.3, -0.25) is 28.3 Å². The minimum absolute atomic E-state index is 0.0205. The van der Waals surface area contributed by atoms with Gasteiger partial charge in [-0.15, -0.1) is 0 Å². The number of nitrogens with zero attached hydrogens (tertiary/aromatic N) is 2. The fourth-order valence-electron chi connectivity index (χ4n) is 4.74. The molecule has 2 heterocycles. The zero-order chi connectivity index (χ0) is 30.8. The third kappa shape index (κ3) is 4.75. The van der Waals surface area contributed by atoms with E-state index in [-0.39, 0.29) is 45.1 Å². The maximum Gasteiger partial charge on any atom is 0.294 e. The maximum atomic E-state index is 13.2. The lowest BCUT2D eigenvalue weighted by atomic mass is 10.1. The minimum Gasteiger partial charge on any atom is -0.457 e. The van der Waals surface area contributed by atoms with Gasteiger partial charge in [-0.05, 0) is 72.8 Å². The predicted molar refractivity (Wildman–Crippen MR) is 148 cm³/mol. The number of hydrogen-bond acceptors (Lipinski definition) is 9. The molecule has 0 atom stereocenters. The molecule has 2 aliphatic rings. The van der Waals surface area contributed by atoms with Crippen molar-refractivity contribution in [3.8, 4) is 11.5 Å².